The molecule has 0 radical (unpaired) electrons. The van der Waals surface area contributed by atoms with Crippen LogP contribution in [0.3, 0.4) is 0 Å². The lowest BCUT2D eigenvalue weighted by atomic mass is 10.1. The molecule has 102 valence electrons. The minimum Gasteiger partial charge on any atom is -0.328 e. The number of pyridine rings is 1. The van der Waals surface area contributed by atoms with Crippen LogP contribution in [0.25, 0.3) is 11.0 Å². The van der Waals surface area contributed by atoms with E-state index in [9.17, 15) is 0 Å². The predicted octanol–water partition coefficient (Wildman–Crippen LogP) is 2.54. The molecule has 3 aromatic rings. The molecule has 0 saturated carbocycles. The van der Waals surface area contributed by atoms with Gasteiger partial charge in [0.2, 0.25) is 0 Å². The average molecular weight is 266 g/mol. The van der Waals surface area contributed by atoms with Gasteiger partial charge in [-0.1, -0.05) is 19.1 Å². The number of imidazole rings is 1. The lowest BCUT2D eigenvalue weighted by molar-refractivity contribution is 0.583. The number of para-hydroxylation sites is 2. The van der Waals surface area contributed by atoms with Crippen LogP contribution in [-0.2, 0) is 6.42 Å². The Morgan fingerprint density at radius 1 is 1.15 bits per heavy atom. The maximum absolute atomic E-state index is 6.04. The van der Waals surface area contributed by atoms with Crippen LogP contribution in [0, 0.1) is 0 Å². The number of nitrogens with two attached hydrogens (primary N) is 1. The molecule has 0 spiro atoms. The van der Waals surface area contributed by atoms with E-state index in [-0.39, 0.29) is 6.04 Å². The fraction of sp³-hybridized carbons (Fsp3) is 0.250. The number of benzene rings is 1. The van der Waals surface area contributed by atoms with Crippen molar-refractivity contribution in [1.29, 1.82) is 0 Å². The topological polar surface area (TPSA) is 56.7 Å². The Morgan fingerprint density at radius 3 is 2.60 bits per heavy atom. The van der Waals surface area contributed by atoms with Crippen molar-refractivity contribution in [3.8, 4) is 0 Å². The van der Waals surface area contributed by atoms with Gasteiger partial charge in [0.1, 0.15) is 5.82 Å². The van der Waals surface area contributed by atoms with Crippen molar-refractivity contribution in [2.24, 2.45) is 5.73 Å². The molecule has 0 amide bonds. The molecule has 0 saturated heterocycles. The molecule has 2 heterocycles. The van der Waals surface area contributed by atoms with Crippen molar-refractivity contribution in [3.63, 3.8) is 0 Å². The van der Waals surface area contributed by atoms with Crippen molar-refractivity contribution < 1.29 is 0 Å². The highest BCUT2D eigenvalue weighted by atomic mass is 15.1. The predicted molar refractivity (Wildman–Crippen MR) is 80.5 cm³/mol. The van der Waals surface area contributed by atoms with Gasteiger partial charge in [0.15, 0.2) is 0 Å². The Balaban J connectivity index is 2.21. The zero-order chi connectivity index (χ0) is 13.9. The van der Waals surface area contributed by atoms with Crippen LogP contribution in [-0.4, -0.2) is 21.1 Å². The molecule has 2 aromatic heterocycles. The summed E-state index contributed by atoms with van der Waals surface area (Å²) >= 11 is 0. The van der Waals surface area contributed by atoms with Crippen LogP contribution >= 0.6 is 0 Å². The summed E-state index contributed by atoms with van der Waals surface area (Å²) in [6.07, 6.45) is 4.50. The highest BCUT2D eigenvalue weighted by molar-refractivity contribution is 5.76. The summed E-state index contributed by atoms with van der Waals surface area (Å²) in [6.45, 7) is 2.66. The maximum Gasteiger partial charge on any atom is 0.110 e. The summed E-state index contributed by atoms with van der Waals surface area (Å²) in [4.78, 5) is 8.80. The molecule has 1 atom stereocenters. The molecule has 20 heavy (non-hydrogen) atoms. The van der Waals surface area contributed by atoms with Gasteiger partial charge in [-0.05, 0) is 29.8 Å². The van der Waals surface area contributed by atoms with Gasteiger partial charge in [0.25, 0.3) is 0 Å². The summed E-state index contributed by atoms with van der Waals surface area (Å²) in [7, 11) is 0. The second-order valence-electron chi connectivity index (χ2n) is 4.77. The van der Waals surface area contributed by atoms with Crippen molar-refractivity contribution in [2.45, 2.75) is 19.4 Å². The van der Waals surface area contributed by atoms with Crippen LogP contribution in [0.5, 0.6) is 0 Å². The van der Waals surface area contributed by atoms with E-state index >= 15 is 0 Å². The van der Waals surface area contributed by atoms with Crippen LogP contribution in [0.15, 0.2) is 48.8 Å². The molecule has 1 unspecified atom stereocenters. The van der Waals surface area contributed by atoms with E-state index in [4.69, 9.17) is 10.7 Å². The first kappa shape index (κ1) is 12.8. The van der Waals surface area contributed by atoms with Gasteiger partial charge >= 0.3 is 0 Å². The van der Waals surface area contributed by atoms with E-state index in [0.29, 0.717) is 6.54 Å². The molecule has 0 aliphatic heterocycles. The molecule has 4 nitrogen and oxygen atoms in total. The Labute approximate surface area is 118 Å². The van der Waals surface area contributed by atoms with Crippen molar-refractivity contribution >= 4 is 11.0 Å². The van der Waals surface area contributed by atoms with Gasteiger partial charge in [-0.2, -0.15) is 0 Å². The zero-order valence-electron chi connectivity index (χ0n) is 11.5. The number of fused-ring (bicyclic) bond motifs is 1. The highest BCUT2D eigenvalue weighted by Crippen LogP contribution is 2.25. The Morgan fingerprint density at radius 2 is 1.90 bits per heavy atom. The summed E-state index contributed by atoms with van der Waals surface area (Å²) in [6, 6.07) is 12.3. The highest BCUT2D eigenvalue weighted by Gasteiger charge is 2.18. The Kier molecular flexibility index (Phi) is 3.48. The van der Waals surface area contributed by atoms with E-state index in [2.05, 4.69) is 22.5 Å². The second kappa shape index (κ2) is 5.43. The first-order valence-corrected chi connectivity index (χ1v) is 6.91. The first-order chi connectivity index (χ1) is 9.85. The summed E-state index contributed by atoms with van der Waals surface area (Å²) < 4.78 is 2.25. The maximum atomic E-state index is 6.04. The second-order valence-corrected chi connectivity index (χ2v) is 4.77. The molecule has 0 fully saturated rings. The third kappa shape index (κ3) is 2.08. The molecule has 2 N–H and O–H groups in total. The number of hydrogen-bond acceptors (Lipinski definition) is 3. The van der Waals surface area contributed by atoms with E-state index < -0.39 is 0 Å². The third-order valence-corrected chi connectivity index (χ3v) is 3.61. The molecule has 4 heteroatoms. The number of aryl methyl sites for hydroxylation is 1. The fourth-order valence-electron chi connectivity index (χ4n) is 2.67. The standard InChI is InChI=1S/C16H18N4/c1-2-16-19-13-5-3-4-6-14(13)20(16)15(11-17)12-7-9-18-10-8-12/h3-10,15H,2,11,17H2,1H3. The fourth-order valence-corrected chi connectivity index (χ4v) is 2.67. The van der Waals surface area contributed by atoms with Crippen molar-refractivity contribution in [2.75, 3.05) is 6.54 Å². The molecule has 3 rings (SSSR count). The Hall–Kier alpha value is -2.20. The van der Waals surface area contributed by atoms with Gasteiger partial charge in [-0.15, -0.1) is 0 Å². The normalized spacial score (nSPS) is 12.7. The largest absolute Gasteiger partial charge is 0.328 e. The summed E-state index contributed by atoms with van der Waals surface area (Å²) in [5.74, 6) is 1.07. The number of nitrogens with zero attached hydrogens (tertiary/aromatic N) is 3. The van der Waals surface area contributed by atoms with E-state index in [1.165, 1.54) is 5.56 Å². The van der Waals surface area contributed by atoms with E-state index in [1.54, 1.807) is 0 Å². The first-order valence-electron chi connectivity index (χ1n) is 6.91. The average Bonchev–Trinajstić information content (AvgIpc) is 2.88. The van der Waals surface area contributed by atoms with E-state index in [1.807, 2.05) is 42.7 Å². The van der Waals surface area contributed by atoms with Crippen molar-refractivity contribution in [1.82, 2.24) is 14.5 Å². The summed E-state index contributed by atoms with van der Waals surface area (Å²) in [5, 5.41) is 0. The van der Waals surface area contributed by atoms with Gasteiger partial charge in [0, 0.05) is 25.4 Å². The SMILES string of the molecule is CCc1nc2ccccc2n1C(CN)c1ccncc1. The van der Waals surface area contributed by atoms with Crippen LogP contribution < -0.4 is 5.73 Å². The smallest absolute Gasteiger partial charge is 0.110 e. The quantitative estimate of drug-likeness (QED) is 0.789. The van der Waals surface area contributed by atoms with E-state index in [0.717, 1.165) is 23.3 Å². The van der Waals surface area contributed by atoms with Gasteiger partial charge in [-0.3, -0.25) is 4.98 Å². The zero-order valence-corrected chi connectivity index (χ0v) is 11.5. The van der Waals surface area contributed by atoms with Crippen LogP contribution in [0.2, 0.25) is 0 Å². The van der Waals surface area contributed by atoms with Crippen LogP contribution in [0.4, 0.5) is 0 Å². The number of rotatable bonds is 4. The van der Waals surface area contributed by atoms with Gasteiger partial charge < -0.3 is 10.3 Å². The molecule has 0 aliphatic rings. The lowest BCUT2D eigenvalue weighted by Gasteiger charge is -2.20. The monoisotopic (exact) mass is 266 g/mol. The van der Waals surface area contributed by atoms with Crippen LogP contribution in [0.1, 0.15) is 24.4 Å². The van der Waals surface area contributed by atoms with Gasteiger partial charge in [0.05, 0.1) is 17.1 Å². The lowest BCUT2D eigenvalue weighted by Crippen LogP contribution is -2.22. The number of hydrogen-bond donors (Lipinski definition) is 1. The molecule has 0 aliphatic carbocycles. The molecule has 1 aromatic carbocycles. The molecule has 0 bridgehead atoms. The minimum atomic E-state index is 0.0975. The third-order valence-electron chi connectivity index (χ3n) is 3.61. The Bertz CT molecular complexity index is 703. The molecular weight excluding hydrogens is 248 g/mol. The number of aromatic nitrogens is 3. The summed E-state index contributed by atoms with van der Waals surface area (Å²) in [5.41, 5.74) is 9.37. The van der Waals surface area contributed by atoms with Crippen molar-refractivity contribution in [3.05, 3.63) is 60.2 Å². The minimum absolute atomic E-state index is 0.0975. The van der Waals surface area contributed by atoms with Gasteiger partial charge in [-0.25, -0.2) is 4.98 Å². The molecular formula is C16H18N4.